The Kier molecular flexibility index (Phi) is 4.93. The van der Waals surface area contributed by atoms with E-state index in [9.17, 15) is 9.59 Å². The molecule has 1 rings (SSSR count). The molecule has 17 heavy (non-hydrogen) atoms. The molecule has 1 fully saturated rings. The highest BCUT2D eigenvalue weighted by atomic mass is 16.4. The van der Waals surface area contributed by atoms with Gasteiger partial charge in [0, 0.05) is 19.5 Å². The number of amides is 1. The van der Waals surface area contributed by atoms with Crippen LogP contribution in [0.5, 0.6) is 0 Å². The molecule has 1 aliphatic rings. The number of nitrogens with two attached hydrogens (primary N) is 1. The highest BCUT2D eigenvalue weighted by molar-refractivity contribution is 5.83. The SMILES string of the molecule is CC(CCC(=O)O)CNC(=O)C1(CN)CCC1. The van der Waals surface area contributed by atoms with Gasteiger partial charge in [-0.05, 0) is 25.2 Å². The summed E-state index contributed by atoms with van der Waals surface area (Å²) in [4.78, 5) is 22.3. The summed E-state index contributed by atoms with van der Waals surface area (Å²) in [5, 5.41) is 11.4. The molecule has 4 N–H and O–H groups in total. The van der Waals surface area contributed by atoms with Crippen LogP contribution in [0.3, 0.4) is 0 Å². The first-order valence-corrected chi connectivity index (χ1v) is 6.20. The van der Waals surface area contributed by atoms with Crippen molar-refractivity contribution in [3.8, 4) is 0 Å². The van der Waals surface area contributed by atoms with Gasteiger partial charge >= 0.3 is 5.97 Å². The molecule has 0 aromatic heterocycles. The fraction of sp³-hybridized carbons (Fsp3) is 0.833. The molecule has 0 heterocycles. The zero-order valence-corrected chi connectivity index (χ0v) is 10.4. The topological polar surface area (TPSA) is 92.4 Å². The summed E-state index contributed by atoms with van der Waals surface area (Å²) in [6.45, 7) is 2.88. The molecule has 1 saturated carbocycles. The minimum atomic E-state index is -0.791. The van der Waals surface area contributed by atoms with Gasteiger partial charge in [0.1, 0.15) is 0 Å². The van der Waals surface area contributed by atoms with Gasteiger partial charge in [-0.1, -0.05) is 13.3 Å². The quantitative estimate of drug-likeness (QED) is 0.613. The second-order valence-electron chi connectivity index (χ2n) is 5.09. The second-order valence-corrected chi connectivity index (χ2v) is 5.09. The number of nitrogens with one attached hydrogen (secondary N) is 1. The molecule has 0 aromatic rings. The number of carboxylic acid groups (broad SMARTS) is 1. The summed E-state index contributed by atoms with van der Waals surface area (Å²) in [5.74, 6) is -0.570. The van der Waals surface area contributed by atoms with Crippen molar-refractivity contribution in [3.63, 3.8) is 0 Å². The molecule has 1 aliphatic carbocycles. The Bertz CT molecular complexity index is 282. The molecule has 1 amide bonds. The van der Waals surface area contributed by atoms with Gasteiger partial charge < -0.3 is 16.2 Å². The highest BCUT2D eigenvalue weighted by Crippen LogP contribution is 2.39. The van der Waals surface area contributed by atoms with Crippen LogP contribution in [0.25, 0.3) is 0 Å². The Labute approximate surface area is 102 Å². The van der Waals surface area contributed by atoms with Crippen LogP contribution in [0.15, 0.2) is 0 Å². The molecule has 0 saturated heterocycles. The lowest BCUT2D eigenvalue weighted by molar-refractivity contribution is -0.137. The molecule has 5 nitrogen and oxygen atoms in total. The average Bonchev–Trinajstić information content (AvgIpc) is 2.22. The smallest absolute Gasteiger partial charge is 0.303 e. The molecule has 1 unspecified atom stereocenters. The van der Waals surface area contributed by atoms with Crippen molar-refractivity contribution in [1.82, 2.24) is 5.32 Å². The number of hydrogen-bond donors (Lipinski definition) is 3. The van der Waals surface area contributed by atoms with Gasteiger partial charge in [-0.3, -0.25) is 9.59 Å². The van der Waals surface area contributed by atoms with Crippen LogP contribution >= 0.6 is 0 Å². The zero-order chi connectivity index (χ0) is 12.9. The van der Waals surface area contributed by atoms with Crippen molar-refractivity contribution in [2.45, 2.75) is 39.0 Å². The van der Waals surface area contributed by atoms with Crippen LogP contribution < -0.4 is 11.1 Å². The fourth-order valence-corrected chi connectivity index (χ4v) is 2.05. The Morgan fingerprint density at radius 2 is 2.12 bits per heavy atom. The lowest BCUT2D eigenvalue weighted by Crippen LogP contribution is -2.51. The summed E-state index contributed by atoms with van der Waals surface area (Å²) in [6.07, 6.45) is 3.56. The van der Waals surface area contributed by atoms with E-state index in [0.717, 1.165) is 19.3 Å². The minimum absolute atomic E-state index is 0.0356. The largest absolute Gasteiger partial charge is 0.481 e. The van der Waals surface area contributed by atoms with Gasteiger partial charge in [0.05, 0.1) is 5.41 Å². The van der Waals surface area contributed by atoms with Crippen molar-refractivity contribution < 1.29 is 14.7 Å². The molecule has 1 atom stereocenters. The Morgan fingerprint density at radius 3 is 2.53 bits per heavy atom. The van der Waals surface area contributed by atoms with Crippen molar-refractivity contribution in [3.05, 3.63) is 0 Å². The van der Waals surface area contributed by atoms with Crippen LogP contribution in [-0.2, 0) is 9.59 Å². The molecule has 0 aromatic carbocycles. The molecular weight excluding hydrogens is 220 g/mol. The van der Waals surface area contributed by atoms with Gasteiger partial charge in [0.15, 0.2) is 0 Å². The number of carbonyl (C=O) groups is 2. The third-order valence-corrected chi connectivity index (χ3v) is 3.65. The second kappa shape index (κ2) is 6.00. The van der Waals surface area contributed by atoms with E-state index in [1.807, 2.05) is 6.92 Å². The third kappa shape index (κ3) is 3.70. The van der Waals surface area contributed by atoms with E-state index < -0.39 is 5.97 Å². The van der Waals surface area contributed by atoms with Crippen LogP contribution in [-0.4, -0.2) is 30.1 Å². The number of aliphatic carboxylic acids is 1. The first kappa shape index (κ1) is 14.0. The highest BCUT2D eigenvalue weighted by Gasteiger charge is 2.42. The first-order chi connectivity index (χ1) is 8.00. The van der Waals surface area contributed by atoms with Crippen molar-refractivity contribution in [2.75, 3.05) is 13.1 Å². The number of rotatable bonds is 7. The molecule has 0 bridgehead atoms. The maximum Gasteiger partial charge on any atom is 0.303 e. The Morgan fingerprint density at radius 1 is 1.47 bits per heavy atom. The van der Waals surface area contributed by atoms with Gasteiger partial charge in [-0.2, -0.15) is 0 Å². The molecule has 5 heteroatoms. The van der Waals surface area contributed by atoms with Crippen LogP contribution in [0, 0.1) is 11.3 Å². The van der Waals surface area contributed by atoms with E-state index in [2.05, 4.69) is 5.32 Å². The molecular formula is C12H22N2O3. The van der Waals surface area contributed by atoms with Gasteiger partial charge in [-0.25, -0.2) is 0 Å². The average molecular weight is 242 g/mol. The van der Waals surface area contributed by atoms with Crippen molar-refractivity contribution in [1.29, 1.82) is 0 Å². The predicted octanol–water partition coefficient (Wildman–Crippen LogP) is 0.733. The maximum atomic E-state index is 11.9. The van der Waals surface area contributed by atoms with Gasteiger partial charge in [0.25, 0.3) is 0 Å². The van der Waals surface area contributed by atoms with E-state index in [-0.39, 0.29) is 23.7 Å². The van der Waals surface area contributed by atoms with Crippen LogP contribution in [0.2, 0.25) is 0 Å². The van der Waals surface area contributed by atoms with E-state index in [1.54, 1.807) is 0 Å². The third-order valence-electron chi connectivity index (χ3n) is 3.65. The van der Waals surface area contributed by atoms with E-state index in [0.29, 0.717) is 19.5 Å². The molecule has 0 spiro atoms. The Hall–Kier alpha value is -1.10. The number of carbonyl (C=O) groups excluding carboxylic acids is 1. The van der Waals surface area contributed by atoms with Crippen LogP contribution in [0.1, 0.15) is 39.0 Å². The molecule has 0 aliphatic heterocycles. The molecule has 98 valence electrons. The van der Waals surface area contributed by atoms with Gasteiger partial charge in [-0.15, -0.1) is 0 Å². The van der Waals surface area contributed by atoms with E-state index in [4.69, 9.17) is 10.8 Å². The fourth-order valence-electron chi connectivity index (χ4n) is 2.05. The van der Waals surface area contributed by atoms with Crippen molar-refractivity contribution in [2.24, 2.45) is 17.1 Å². The lowest BCUT2D eigenvalue weighted by atomic mass is 9.68. The van der Waals surface area contributed by atoms with Crippen molar-refractivity contribution >= 4 is 11.9 Å². The monoisotopic (exact) mass is 242 g/mol. The summed E-state index contributed by atoms with van der Waals surface area (Å²) in [6, 6.07) is 0. The van der Waals surface area contributed by atoms with Crippen LogP contribution in [0.4, 0.5) is 0 Å². The molecule has 0 radical (unpaired) electrons. The number of carboxylic acids is 1. The standard InChI is InChI=1S/C12H22N2O3/c1-9(3-4-10(15)16)7-14-11(17)12(8-13)5-2-6-12/h9H,2-8,13H2,1H3,(H,14,17)(H,15,16). The predicted molar refractivity (Wildman–Crippen MR) is 64.4 cm³/mol. The van der Waals surface area contributed by atoms with E-state index >= 15 is 0 Å². The van der Waals surface area contributed by atoms with E-state index in [1.165, 1.54) is 0 Å². The number of hydrogen-bond acceptors (Lipinski definition) is 3. The zero-order valence-electron chi connectivity index (χ0n) is 10.4. The first-order valence-electron chi connectivity index (χ1n) is 6.20. The summed E-state index contributed by atoms with van der Waals surface area (Å²) in [5.41, 5.74) is 5.30. The lowest BCUT2D eigenvalue weighted by Gasteiger charge is -2.39. The summed E-state index contributed by atoms with van der Waals surface area (Å²) >= 11 is 0. The minimum Gasteiger partial charge on any atom is -0.481 e. The van der Waals surface area contributed by atoms with Gasteiger partial charge in [0.2, 0.25) is 5.91 Å². The summed E-state index contributed by atoms with van der Waals surface area (Å²) in [7, 11) is 0. The maximum absolute atomic E-state index is 11.9. The normalized spacial score (nSPS) is 19.2. The Balaban J connectivity index is 2.25. The summed E-state index contributed by atoms with van der Waals surface area (Å²) < 4.78 is 0.